The van der Waals surface area contributed by atoms with Crippen LogP contribution < -0.4 is 0 Å². The molecule has 4 heteroatoms. The van der Waals surface area contributed by atoms with E-state index in [0.717, 1.165) is 13.1 Å². The normalized spacial score (nSPS) is 9.12. The van der Waals surface area contributed by atoms with Crippen LogP contribution in [0.15, 0.2) is 12.7 Å². The second-order valence-electron chi connectivity index (χ2n) is 3.86. The van der Waals surface area contributed by atoms with Crippen molar-refractivity contribution in [2.24, 2.45) is 0 Å². The van der Waals surface area contributed by atoms with Gasteiger partial charge in [-0.25, -0.2) is 0 Å². The van der Waals surface area contributed by atoms with Gasteiger partial charge in [-0.2, -0.15) is 5.26 Å². The van der Waals surface area contributed by atoms with E-state index in [9.17, 15) is 4.79 Å². The predicted molar refractivity (Wildman–Crippen MR) is 66.9 cm³/mol. The maximum atomic E-state index is 11.4. The molecule has 0 saturated carbocycles. The monoisotopic (exact) mass is 225 g/mol. The molecule has 1 amide bonds. The van der Waals surface area contributed by atoms with Crippen molar-refractivity contribution in [2.75, 3.05) is 27.2 Å². The molecule has 0 atom stereocenters. The SMILES string of the molecule is C=CC(=O)N(CCN(C)C)C(C)C.CC#N. The van der Waals surface area contributed by atoms with Gasteiger partial charge in [0.1, 0.15) is 0 Å². The van der Waals surface area contributed by atoms with Crippen molar-refractivity contribution in [3.05, 3.63) is 12.7 Å². The topological polar surface area (TPSA) is 47.3 Å². The van der Waals surface area contributed by atoms with Crippen molar-refractivity contribution in [3.8, 4) is 6.07 Å². The van der Waals surface area contributed by atoms with Gasteiger partial charge in [0.15, 0.2) is 0 Å². The average molecular weight is 225 g/mol. The Morgan fingerprint density at radius 3 is 2.12 bits per heavy atom. The summed E-state index contributed by atoms with van der Waals surface area (Å²) in [6.45, 7) is 10.6. The van der Waals surface area contributed by atoms with Crippen molar-refractivity contribution in [1.82, 2.24) is 9.80 Å². The number of hydrogen-bond donors (Lipinski definition) is 0. The summed E-state index contributed by atoms with van der Waals surface area (Å²) in [5, 5.41) is 7.32. The van der Waals surface area contributed by atoms with E-state index in [4.69, 9.17) is 5.26 Å². The fraction of sp³-hybridized carbons (Fsp3) is 0.667. The number of rotatable bonds is 5. The van der Waals surface area contributed by atoms with Crippen LogP contribution in [0.2, 0.25) is 0 Å². The van der Waals surface area contributed by atoms with Crippen LogP contribution in [0.3, 0.4) is 0 Å². The molecule has 0 bridgehead atoms. The summed E-state index contributed by atoms with van der Waals surface area (Å²) in [5.74, 6) is 0.0110. The lowest BCUT2D eigenvalue weighted by Crippen LogP contribution is -2.40. The van der Waals surface area contributed by atoms with Crippen LogP contribution in [0.1, 0.15) is 20.8 Å². The first-order valence-electron chi connectivity index (χ1n) is 5.29. The van der Waals surface area contributed by atoms with Crippen LogP contribution in [-0.2, 0) is 4.79 Å². The summed E-state index contributed by atoms with van der Waals surface area (Å²) in [4.78, 5) is 15.2. The quantitative estimate of drug-likeness (QED) is 0.666. The molecule has 0 aromatic carbocycles. The Balaban J connectivity index is 0. The molecule has 0 saturated heterocycles. The second-order valence-corrected chi connectivity index (χ2v) is 3.86. The Morgan fingerprint density at radius 1 is 1.44 bits per heavy atom. The smallest absolute Gasteiger partial charge is 0.246 e. The van der Waals surface area contributed by atoms with Crippen LogP contribution in [0.4, 0.5) is 0 Å². The predicted octanol–water partition coefficient (Wildman–Crippen LogP) is 1.50. The van der Waals surface area contributed by atoms with Crippen molar-refractivity contribution in [1.29, 1.82) is 5.26 Å². The maximum absolute atomic E-state index is 11.4. The highest BCUT2D eigenvalue weighted by Crippen LogP contribution is 1.99. The number of nitriles is 1. The third-order valence-corrected chi connectivity index (χ3v) is 1.87. The first kappa shape index (κ1) is 17.1. The average Bonchev–Trinajstić information content (AvgIpc) is 2.17. The van der Waals surface area contributed by atoms with E-state index >= 15 is 0 Å². The molecule has 0 aliphatic rings. The number of carbonyl (C=O) groups excluding carboxylic acids is 1. The van der Waals surface area contributed by atoms with Gasteiger partial charge in [0.2, 0.25) is 5.91 Å². The van der Waals surface area contributed by atoms with Crippen LogP contribution in [0.5, 0.6) is 0 Å². The standard InChI is InChI=1S/C10H20N2O.C2H3N/c1-6-10(13)12(9(2)3)8-7-11(4)5;1-2-3/h6,9H,1,7-8H2,2-5H3;1H3. The zero-order valence-corrected chi connectivity index (χ0v) is 11.0. The summed E-state index contributed by atoms with van der Waals surface area (Å²) in [5.41, 5.74) is 0. The van der Waals surface area contributed by atoms with Gasteiger partial charge in [0.05, 0.1) is 6.07 Å². The van der Waals surface area contributed by atoms with Gasteiger partial charge in [-0.1, -0.05) is 6.58 Å². The minimum atomic E-state index is 0.0110. The Kier molecular flexibility index (Phi) is 10.9. The molecule has 0 unspecified atom stereocenters. The number of hydrogen-bond acceptors (Lipinski definition) is 3. The fourth-order valence-electron chi connectivity index (χ4n) is 1.05. The lowest BCUT2D eigenvalue weighted by Gasteiger charge is -2.26. The van der Waals surface area contributed by atoms with Gasteiger partial charge in [-0.3, -0.25) is 4.79 Å². The number of amides is 1. The van der Waals surface area contributed by atoms with Gasteiger partial charge < -0.3 is 9.80 Å². The molecule has 0 aliphatic carbocycles. The molecule has 0 aliphatic heterocycles. The number of likely N-dealkylation sites (N-methyl/N-ethyl adjacent to an activating group) is 1. The Hall–Kier alpha value is -1.34. The molecule has 0 radical (unpaired) electrons. The zero-order valence-electron chi connectivity index (χ0n) is 11.0. The molecule has 0 rings (SSSR count). The molecule has 0 aromatic heterocycles. The molecule has 92 valence electrons. The first-order valence-corrected chi connectivity index (χ1v) is 5.29. The second kappa shape index (κ2) is 10.2. The molecule has 0 N–H and O–H groups in total. The maximum Gasteiger partial charge on any atom is 0.246 e. The van der Waals surface area contributed by atoms with E-state index in [2.05, 4.69) is 11.5 Å². The zero-order chi connectivity index (χ0) is 13.1. The molecule has 0 fully saturated rings. The van der Waals surface area contributed by atoms with Crippen LogP contribution in [0, 0.1) is 11.3 Å². The Bertz CT molecular complexity index is 241. The van der Waals surface area contributed by atoms with E-state index in [-0.39, 0.29) is 11.9 Å². The van der Waals surface area contributed by atoms with E-state index in [1.54, 1.807) is 6.07 Å². The van der Waals surface area contributed by atoms with Crippen molar-refractivity contribution in [2.45, 2.75) is 26.8 Å². The largest absolute Gasteiger partial charge is 0.335 e. The van der Waals surface area contributed by atoms with E-state index in [1.807, 2.05) is 32.8 Å². The molecule has 0 spiro atoms. The van der Waals surface area contributed by atoms with Gasteiger partial charge in [0.25, 0.3) is 0 Å². The minimum absolute atomic E-state index is 0.0110. The summed E-state index contributed by atoms with van der Waals surface area (Å²) in [6, 6.07) is 1.99. The molecular weight excluding hydrogens is 202 g/mol. The van der Waals surface area contributed by atoms with E-state index < -0.39 is 0 Å². The van der Waals surface area contributed by atoms with Crippen molar-refractivity contribution >= 4 is 5.91 Å². The van der Waals surface area contributed by atoms with Crippen LogP contribution >= 0.6 is 0 Å². The highest BCUT2D eigenvalue weighted by atomic mass is 16.2. The molecule has 0 heterocycles. The van der Waals surface area contributed by atoms with Gasteiger partial charge in [-0.05, 0) is 34.0 Å². The third-order valence-electron chi connectivity index (χ3n) is 1.87. The summed E-state index contributed by atoms with van der Waals surface area (Å²) in [6.07, 6.45) is 1.37. The molecule has 4 nitrogen and oxygen atoms in total. The summed E-state index contributed by atoms with van der Waals surface area (Å²) < 4.78 is 0. The highest BCUT2D eigenvalue weighted by Gasteiger charge is 2.13. The van der Waals surface area contributed by atoms with E-state index in [1.165, 1.54) is 13.0 Å². The number of nitrogens with zero attached hydrogens (tertiary/aromatic N) is 3. The third kappa shape index (κ3) is 9.22. The molecular formula is C12H23N3O. The Morgan fingerprint density at radius 2 is 1.88 bits per heavy atom. The summed E-state index contributed by atoms with van der Waals surface area (Å²) >= 11 is 0. The minimum Gasteiger partial charge on any atom is -0.335 e. The van der Waals surface area contributed by atoms with Gasteiger partial charge in [-0.15, -0.1) is 0 Å². The van der Waals surface area contributed by atoms with Gasteiger partial charge in [0, 0.05) is 26.1 Å². The molecule has 16 heavy (non-hydrogen) atoms. The molecule has 0 aromatic rings. The fourth-order valence-corrected chi connectivity index (χ4v) is 1.05. The lowest BCUT2D eigenvalue weighted by molar-refractivity contribution is -0.127. The first-order chi connectivity index (χ1) is 7.40. The van der Waals surface area contributed by atoms with Crippen molar-refractivity contribution in [3.63, 3.8) is 0 Å². The highest BCUT2D eigenvalue weighted by molar-refractivity contribution is 5.87. The van der Waals surface area contributed by atoms with Gasteiger partial charge >= 0.3 is 0 Å². The summed E-state index contributed by atoms with van der Waals surface area (Å²) in [7, 11) is 3.99. The lowest BCUT2D eigenvalue weighted by atomic mass is 10.3. The van der Waals surface area contributed by atoms with E-state index in [0.29, 0.717) is 0 Å². The van der Waals surface area contributed by atoms with Crippen LogP contribution in [-0.4, -0.2) is 48.9 Å². The Labute approximate surface area is 99.1 Å². The number of carbonyl (C=O) groups is 1. The van der Waals surface area contributed by atoms with Crippen molar-refractivity contribution < 1.29 is 4.79 Å². The van der Waals surface area contributed by atoms with Crippen LogP contribution in [0.25, 0.3) is 0 Å².